The number of rotatable bonds is 3. The van der Waals surface area contributed by atoms with Gasteiger partial charge in [-0.25, -0.2) is 4.68 Å². The number of aromatic nitrogens is 3. The second-order valence-electron chi connectivity index (χ2n) is 8.37. The van der Waals surface area contributed by atoms with E-state index in [0.29, 0.717) is 18.8 Å². The minimum atomic E-state index is 0.0170. The molecule has 0 N–H and O–H groups in total. The van der Waals surface area contributed by atoms with Crippen LogP contribution in [0.5, 0.6) is 0 Å². The fourth-order valence-electron chi connectivity index (χ4n) is 4.35. The van der Waals surface area contributed by atoms with E-state index >= 15 is 0 Å². The molecule has 31 heavy (non-hydrogen) atoms. The third-order valence-electron chi connectivity index (χ3n) is 6.15. The van der Waals surface area contributed by atoms with Crippen LogP contribution in [0.1, 0.15) is 32.7 Å². The Morgan fingerprint density at radius 3 is 2.55 bits per heavy atom. The van der Waals surface area contributed by atoms with E-state index < -0.39 is 0 Å². The fraction of sp³-hybridized carbons (Fsp3) is 0.231. The SMILES string of the molecule is Cc1ccc(C)c(-n2nc(-c3cccn3C)cc2C(=O)N2CCc3ccccc3C2)c1. The standard InChI is InChI=1S/C26H26N4O/c1-18-10-11-19(2)24(15-18)30-25(16-22(27-30)23-9-6-13-28(23)3)26(31)29-14-12-20-7-4-5-8-21(20)17-29/h4-11,13,15-16H,12,14,17H2,1-3H3. The molecule has 0 spiro atoms. The third kappa shape index (κ3) is 3.46. The van der Waals surface area contributed by atoms with Crippen LogP contribution >= 0.6 is 0 Å². The third-order valence-corrected chi connectivity index (χ3v) is 6.15. The van der Waals surface area contributed by atoms with Crippen molar-refractivity contribution in [2.24, 2.45) is 7.05 Å². The predicted molar refractivity (Wildman–Crippen MR) is 122 cm³/mol. The van der Waals surface area contributed by atoms with Crippen LogP contribution in [-0.2, 0) is 20.0 Å². The Kier molecular flexibility index (Phi) is 4.74. The van der Waals surface area contributed by atoms with Crippen LogP contribution in [0.3, 0.4) is 0 Å². The molecule has 1 aliphatic heterocycles. The Balaban J connectivity index is 1.60. The molecule has 1 amide bonds. The van der Waals surface area contributed by atoms with E-state index in [1.165, 1.54) is 11.1 Å². The van der Waals surface area contributed by atoms with Gasteiger partial charge in [0, 0.05) is 26.3 Å². The lowest BCUT2D eigenvalue weighted by atomic mass is 10.00. The molecule has 3 heterocycles. The van der Waals surface area contributed by atoms with Crippen molar-refractivity contribution in [3.8, 4) is 17.1 Å². The van der Waals surface area contributed by atoms with Crippen molar-refractivity contribution >= 4 is 5.91 Å². The van der Waals surface area contributed by atoms with Gasteiger partial charge in [-0.15, -0.1) is 0 Å². The number of benzene rings is 2. The van der Waals surface area contributed by atoms with Crippen LogP contribution in [-0.4, -0.2) is 31.7 Å². The number of amides is 1. The molecule has 0 fully saturated rings. The van der Waals surface area contributed by atoms with Gasteiger partial charge in [0.2, 0.25) is 0 Å². The van der Waals surface area contributed by atoms with Crippen LogP contribution in [0.15, 0.2) is 66.9 Å². The molecule has 0 saturated carbocycles. The minimum Gasteiger partial charge on any atom is -0.349 e. The first-order valence-electron chi connectivity index (χ1n) is 10.7. The summed E-state index contributed by atoms with van der Waals surface area (Å²) in [6.45, 7) is 5.47. The van der Waals surface area contributed by atoms with Crippen LogP contribution in [0.2, 0.25) is 0 Å². The van der Waals surface area contributed by atoms with Gasteiger partial charge in [-0.3, -0.25) is 4.79 Å². The second-order valence-corrected chi connectivity index (χ2v) is 8.37. The van der Waals surface area contributed by atoms with Crippen molar-refractivity contribution in [2.45, 2.75) is 26.8 Å². The summed E-state index contributed by atoms with van der Waals surface area (Å²) >= 11 is 0. The maximum atomic E-state index is 13.7. The molecule has 4 aromatic rings. The average Bonchev–Trinajstić information content (AvgIpc) is 3.40. The fourth-order valence-corrected chi connectivity index (χ4v) is 4.35. The van der Waals surface area contributed by atoms with Crippen LogP contribution in [0.4, 0.5) is 0 Å². The Morgan fingerprint density at radius 1 is 0.968 bits per heavy atom. The molecule has 0 aliphatic carbocycles. The van der Waals surface area contributed by atoms with Gasteiger partial charge in [0.05, 0.1) is 11.4 Å². The number of carbonyl (C=O) groups is 1. The summed E-state index contributed by atoms with van der Waals surface area (Å²) in [7, 11) is 2.00. The molecule has 156 valence electrons. The monoisotopic (exact) mass is 410 g/mol. The van der Waals surface area contributed by atoms with Crippen molar-refractivity contribution in [1.82, 2.24) is 19.2 Å². The van der Waals surface area contributed by atoms with Gasteiger partial charge in [-0.05, 0) is 66.8 Å². The summed E-state index contributed by atoms with van der Waals surface area (Å²) < 4.78 is 3.86. The predicted octanol–water partition coefficient (Wildman–Crippen LogP) is 4.69. The molecule has 0 atom stereocenters. The summed E-state index contributed by atoms with van der Waals surface area (Å²) in [5.41, 5.74) is 8.12. The Labute approximate surface area is 182 Å². The molecular weight excluding hydrogens is 384 g/mol. The average molecular weight is 411 g/mol. The first-order chi connectivity index (χ1) is 15.0. The number of nitrogens with zero attached hydrogens (tertiary/aromatic N) is 4. The van der Waals surface area contributed by atoms with Gasteiger partial charge in [0.15, 0.2) is 0 Å². The van der Waals surface area contributed by atoms with E-state index in [2.05, 4.69) is 50.2 Å². The van der Waals surface area contributed by atoms with Gasteiger partial charge in [0.1, 0.15) is 11.4 Å². The van der Waals surface area contributed by atoms with Gasteiger partial charge in [0.25, 0.3) is 5.91 Å². The first kappa shape index (κ1) is 19.4. The number of hydrogen-bond donors (Lipinski definition) is 0. The van der Waals surface area contributed by atoms with E-state index in [9.17, 15) is 4.79 Å². The molecule has 1 aliphatic rings. The zero-order valence-electron chi connectivity index (χ0n) is 18.2. The summed E-state index contributed by atoms with van der Waals surface area (Å²) in [5, 5.41) is 4.89. The van der Waals surface area contributed by atoms with Crippen molar-refractivity contribution in [3.63, 3.8) is 0 Å². The summed E-state index contributed by atoms with van der Waals surface area (Å²) in [5.74, 6) is 0.0170. The quantitative estimate of drug-likeness (QED) is 0.492. The van der Waals surface area contributed by atoms with Crippen LogP contribution < -0.4 is 0 Å². The lowest BCUT2D eigenvalue weighted by Crippen LogP contribution is -2.37. The van der Waals surface area contributed by atoms with Gasteiger partial charge in [-0.1, -0.05) is 36.4 Å². The molecule has 5 heteroatoms. The van der Waals surface area contributed by atoms with Gasteiger partial charge in [-0.2, -0.15) is 5.10 Å². The zero-order chi connectivity index (χ0) is 21.5. The Morgan fingerprint density at radius 2 is 1.77 bits per heavy atom. The molecule has 0 unspecified atom stereocenters. The highest BCUT2D eigenvalue weighted by atomic mass is 16.2. The molecule has 5 rings (SSSR count). The maximum absolute atomic E-state index is 13.7. The smallest absolute Gasteiger partial charge is 0.272 e. The molecule has 0 bridgehead atoms. The molecule has 5 nitrogen and oxygen atoms in total. The van der Waals surface area contributed by atoms with Crippen LogP contribution in [0.25, 0.3) is 17.1 Å². The van der Waals surface area contributed by atoms with Crippen molar-refractivity contribution in [2.75, 3.05) is 6.54 Å². The summed E-state index contributed by atoms with van der Waals surface area (Å²) in [6, 6.07) is 20.6. The van der Waals surface area contributed by atoms with E-state index in [1.54, 1.807) is 0 Å². The lowest BCUT2D eigenvalue weighted by molar-refractivity contribution is 0.0725. The van der Waals surface area contributed by atoms with E-state index in [-0.39, 0.29) is 5.91 Å². The molecule has 2 aromatic carbocycles. The number of fused-ring (bicyclic) bond motifs is 1. The van der Waals surface area contributed by atoms with Gasteiger partial charge < -0.3 is 9.47 Å². The molecule has 0 radical (unpaired) electrons. The van der Waals surface area contributed by atoms with Crippen molar-refractivity contribution in [3.05, 3.63) is 94.8 Å². The molecule has 2 aromatic heterocycles. The largest absolute Gasteiger partial charge is 0.349 e. The Hall–Kier alpha value is -3.60. The lowest BCUT2D eigenvalue weighted by Gasteiger charge is -2.29. The topological polar surface area (TPSA) is 43.1 Å². The van der Waals surface area contributed by atoms with E-state index in [4.69, 9.17) is 5.10 Å². The zero-order valence-corrected chi connectivity index (χ0v) is 18.2. The van der Waals surface area contributed by atoms with E-state index in [1.807, 2.05) is 51.7 Å². The molecular formula is C26H26N4O. The van der Waals surface area contributed by atoms with Gasteiger partial charge >= 0.3 is 0 Å². The second kappa shape index (κ2) is 7.58. The number of aryl methyl sites for hydroxylation is 3. The van der Waals surface area contributed by atoms with Crippen LogP contribution in [0, 0.1) is 13.8 Å². The highest BCUT2D eigenvalue weighted by molar-refractivity contribution is 5.94. The maximum Gasteiger partial charge on any atom is 0.272 e. The summed E-state index contributed by atoms with van der Waals surface area (Å²) in [4.78, 5) is 15.7. The Bertz CT molecular complexity index is 1280. The highest BCUT2D eigenvalue weighted by Gasteiger charge is 2.26. The number of hydrogen-bond acceptors (Lipinski definition) is 2. The number of carbonyl (C=O) groups excluding carboxylic acids is 1. The van der Waals surface area contributed by atoms with Crippen molar-refractivity contribution in [1.29, 1.82) is 0 Å². The van der Waals surface area contributed by atoms with E-state index in [0.717, 1.165) is 34.6 Å². The molecule has 0 saturated heterocycles. The first-order valence-corrected chi connectivity index (χ1v) is 10.7. The normalized spacial score (nSPS) is 13.3. The van der Waals surface area contributed by atoms with Crippen molar-refractivity contribution < 1.29 is 4.79 Å². The highest BCUT2D eigenvalue weighted by Crippen LogP contribution is 2.27. The minimum absolute atomic E-state index is 0.0170. The summed E-state index contributed by atoms with van der Waals surface area (Å²) in [6.07, 6.45) is 2.87.